The highest BCUT2D eigenvalue weighted by molar-refractivity contribution is 6.46. The number of nitrogens with two attached hydrogens (primary N) is 1. The number of carbonyl (C=O) groups excluding carboxylic acids is 2. The molecule has 0 unspecified atom stereocenters. The summed E-state index contributed by atoms with van der Waals surface area (Å²) in [6.07, 6.45) is 0. The Morgan fingerprint density at radius 1 is 1.24 bits per heavy atom. The number of carbonyl (C=O) groups is 2. The lowest BCUT2D eigenvalue weighted by Crippen LogP contribution is -2.42. The Labute approximate surface area is 136 Å². The summed E-state index contributed by atoms with van der Waals surface area (Å²) < 4.78 is 4.81. The van der Waals surface area contributed by atoms with Gasteiger partial charge >= 0.3 is 5.97 Å². The molecule has 1 aromatic heterocycles. The predicted octanol–water partition coefficient (Wildman–Crippen LogP) is 2.70. The number of hydrogen-bond acceptors (Lipinski definition) is 5. The molecule has 0 aliphatic rings. The molecule has 0 fully saturated rings. The van der Waals surface area contributed by atoms with E-state index in [9.17, 15) is 9.59 Å². The van der Waals surface area contributed by atoms with Gasteiger partial charge in [0.15, 0.2) is 17.5 Å². The van der Waals surface area contributed by atoms with E-state index in [4.69, 9.17) is 45.3 Å². The maximum atomic E-state index is 11.8. The highest BCUT2D eigenvalue weighted by atomic mass is 35.5. The van der Waals surface area contributed by atoms with Gasteiger partial charge in [0.1, 0.15) is 5.02 Å². The van der Waals surface area contributed by atoms with Gasteiger partial charge in [-0.1, -0.05) is 34.8 Å². The maximum absolute atomic E-state index is 11.8. The first kappa shape index (κ1) is 17.8. The maximum Gasteiger partial charge on any atom is 0.359 e. The summed E-state index contributed by atoms with van der Waals surface area (Å²) in [7, 11) is 0. The molecule has 1 aromatic rings. The second kappa shape index (κ2) is 6.68. The van der Waals surface area contributed by atoms with Crippen LogP contribution in [-0.2, 0) is 9.53 Å². The molecule has 9 heteroatoms. The Bertz CT molecular complexity index is 585. The Morgan fingerprint density at radius 2 is 1.81 bits per heavy atom. The standard InChI is InChI=1S/C12H14Cl3N3O3/c1-12(2,3)18-5(19)4-21-11(20)9-6(13)8(16)7(14)10(15)17-9/h4H2,1-3H3,(H2,16,17)(H,18,19). The number of esters is 1. The second-order valence-electron chi connectivity index (χ2n) is 5.17. The Balaban J connectivity index is 2.80. The van der Waals surface area contributed by atoms with E-state index in [0.717, 1.165) is 0 Å². The van der Waals surface area contributed by atoms with Crippen molar-refractivity contribution in [3.63, 3.8) is 0 Å². The Hall–Kier alpha value is -1.24. The molecule has 0 atom stereocenters. The molecule has 0 radical (unpaired) electrons. The van der Waals surface area contributed by atoms with Crippen LogP contribution in [0.2, 0.25) is 15.2 Å². The zero-order chi connectivity index (χ0) is 16.4. The minimum absolute atomic E-state index is 0.0521. The van der Waals surface area contributed by atoms with Crippen LogP contribution < -0.4 is 11.1 Å². The molecule has 116 valence electrons. The van der Waals surface area contributed by atoms with E-state index in [1.165, 1.54) is 0 Å². The van der Waals surface area contributed by atoms with Crippen LogP contribution in [0.3, 0.4) is 0 Å². The highest BCUT2D eigenvalue weighted by Crippen LogP contribution is 2.34. The third-order valence-corrected chi connectivity index (χ3v) is 3.25. The average Bonchev–Trinajstić information content (AvgIpc) is 2.35. The molecule has 0 saturated heterocycles. The molecule has 1 rings (SSSR count). The molecule has 0 aliphatic carbocycles. The van der Waals surface area contributed by atoms with Crippen LogP contribution in [0.15, 0.2) is 0 Å². The number of anilines is 1. The summed E-state index contributed by atoms with van der Waals surface area (Å²) in [5.41, 5.74) is 4.77. The van der Waals surface area contributed by atoms with Crippen molar-refractivity contribution in [1.82, 2.24) is 10.3 Å². The summed E-state index contributed by atoms with van der Waals surface area (Å²) in [6.45, 7) is 4.91. The number of hydrogen-bond donors (Lipinski definition) is 2. The molecule has 21 heavy (non-hydrogen) atoms. The number of aromatic nitrogens is 1. The van der Waals surface area contributed by atoms with Crippen molar-refractivity contribution in [3.8, 4) is 0 Å². The van der Waals surface area contributed by atoms with Gasteiger partial charge < -0.3 is 15.8 Å². The number of nitrogens with zero attached hydrogens (tertiary/aromatic N) is 1. The van der Waals surface area contributed by atoms with E-state index in [1.807, 2.05) is 0 Å². The number of amides is 1. The fraction of sp³-hybridized carbons (Fsp3) is 0.417. The minimum atomic E-state index is -0.922. The van der Waals surface area contributed by atoms with Gasteiger partial charge in [-0.3, -0.25) is 4.79 Å². The van der Waals surface area contributed by atoms with Crippen molar-refractivity contribution < 1.29 is 14.3 Å². The molecular formula is C12H14Cl3N3O3. The van der Waals surface area contributed by atoms with Crippen LogP contribution in [0.4, 0.5) is 5.69 Å². The topological polar surface area (TPSA) is 94.3 Å². The van der Waals surface area contributed by atoms with Crippen molar-refractivity contribution >= 4 is 52.4 Å². The summed E-state index contributed by atoms with van der Waals surface area (Å²) in [5.74, 6) is -1.38. The van der Waals surface area contributed by atoms with Gasteiger partial charge in [-0.05, 0) is 20.8 Å². The van der Waals surface area contributed by atoms with Crippen molar-refractivity contribution in [2.75, 3.05) is 12.3 Å². The normalized spacial score (nSPS) is 11.1. The van der Waals surface area contributed by atoms with Gasteiger partial charge in [0, 0.05) is 5.54 Å². The van der Waals surface area contributed by atoms with E-state index in [2.05, 4.69) is 10.3 Å². The predicted molar refractivity (Wildman–Crippen MR) is 81.9 cm³/mol. The van der Waals surface area contributed by atoms with Crippen molar-refractivity contribution in [2.24, 2.45) is 0 Å². The monoisotopic (exact) mass is 353 g/mol. The first-order valence-corrected chi connectivity index (χ1v) is 6.94. The molecule has 3 N–H and O–H groups in total. The summed E-state index contributed by atoms with van der Waals surface area (Å²) >= 11 is 17.3. The van der Waals surface area contributed by atoms with E-state index < -0.39 is 24.0 Å². The second-order valence-corrected chi connectivity index (χ2v) is 6.28. The van der Waals surface area contributed by atoms with Crippen LogP contribution in [0.1, 0.15) is 31.3 Å². The van der Waals surface area contributed by atoms with Gasteiger partial charge in [0.25, 0.3) is 5.91 Å². The summed E-state index contributed by atoms with van der Waals surface area (Å²) in [6, 6.07) is 0. The number of rotatable bonds is 3. The lowest BCUT2D eigenvalue weighted by Gasteiger charge is -2.20. The third-order valence-electron chi connectivity index (χ3n) is 2.11. The summed E-state index contributed by atoms with van der Waals surface area (Å²) in [5, 5.41) is 2.23. The van der Waals surface area contributed by atoms with Crippen molar-refractivity contribution in [2.45, 2.75) is 26.3 Å². The molecule has 0 aromatic carbocycles. The zero-order valence-corrected chi connectivity index (χ0v) is 13.9. The third kappa shape index (κ3) is 4.91. The number of ether oxygens (including phenoxy) is 1. The van der Waals surface area contributed by atoms with Gasteiger partial charge in [0.2, 0.25) is 0 Å². The molecule has 0 spiro atoms. The minimum Gasteiger partial charge on any atom is -0.451 e. The Kier molecular flexibility index (Phi) is 5.67. The molecule has 6 nitrogen and oxygen atoms in total. The van der Waals surface area contributed by atoms with E-state index in [-0.39, 0.29) is 26.6 Å². The van der Waals surface area contributed by atoms with Crippen molar-refractivity contribution in [1.29, 1.82) is 0 Å². The smallest absolute Gasteiger partial charge is 0.359 e. The van der Waals surface area contributed by atoms with Gasteiger partial charge in [-0.2, -0.15) is 0 Å². The quantitative estimate of drug-likeness (QED) is 0.643. The van der Waals surface area contributed by atoms with E-state index in [0.29, 0.717) is 0 Å². The molecule has 1 heterocycles. The first-order chi connectivity index (χ1) is 9.53. The highest BCUT2D eigenvalue weighted by Gasteiger charge is 2.22. The summed E-state index contributed by atoms with van der Waals surface area (Å²) in [4.78, 5) is 27.1. The number of nitrogens with one attached hydrogen (secondary N) is 1. The molecule has 0 saturated carbocycles. The van der Waals surface area contributed by atoms with Gasteiger partial charge in [0.05, 0.1) is 10.7 Å². The van der Waals surface area contributed by atoms with Gasteiger partial charge in [-0.15, -0.1) is 0 Å². The van der Waals surface area contributed by atoms with Gasteiger partial charge in [-0.25, -0.2) is 9.78 Å². The Morgan fingerprint density at radius 3 is 2.33 bits per heavy atom. The van der Waals surface area contributed by atoms with E-state index in [1.54, 1.807) is 20.8 Å². The van der Waals surface area contributed by atoms with Crippen LogP contribution >= 0.6 is 34.8 Å². The van der Waals surface area contributed by atoms with E-state index >= 15 is 0 Å². The zero-order valence-electron chi connectivity index (χ0n) is 11.6. The SMILES string of the molecule is CC(C)(C)NC(=O)COC(=O)c1nc(Cl)c(Cl)c(N)c1Cl. The number of halogens is 3. The molecule has 0 bridgehead atoms. The van der Waals surface area contributed by atoms with Crippen molar-refractivity contribution in [3.05, 3.63) is 20.9 Å². The fourth-order valence-corrected chi connectivity index (χ4v) is 1.91. The molecule has 0 aliphatic heterocycles. The average molecular weight is 355 g/mol. The lowest BCUT2D eigenvalue weighted by atomic mass is 10.1. The number of nitrogen functional groups attached to an aromatic ring is 1. The van der Waals surface area contributed by atoms with Crippen LogP contribution in [-0.4, -0.2) is 29.0 Å². The number of pyridine rings is 1. The van der Waals surface area contributed by atoms with Crippen LogP contribution in [0.25, 0.3) is 0 Å². The lowest BCUT2D eigenvalue weighted by molar-refractivity contribution is -0.125. The molecule has 1 amide bonds. The van der Waals surface area contributed by atoms with Crippen LogP contribution in [0.5, 0.6) is 0 Å². The van der Waals surface area contributed by atoms with Crippen LogP contribution in [0, 0.1) is 0 Å². The fourth-order valence-electron chi connectivity index (χ4n) is 1.32. The first-order valence-electron chi connectivity index (χ1n) is 5.81. The molecular weight excluding hydrogens is 341 g/mol. The largest absolute Gasteiger partial charge is 0.451 e.